The van der Waals surface area contributed by atoms with E-state index >= 15 is 0 Å². The predicted octanol–water partition coefficient (Wildman–Crippen LogP) is 0.851. The monoisotopic (exact) mass is 274 g/mol. The third-order valence-electron chi connectivity index (χ3n) is 2.54. The van der Waals surface area contributed by atoms with Gasteiger partial charge in [0, 0.05) is 17.8 Å². The Morgan fingerprint density at radius 2 is 2.20 bits per heavy atom. The van der Waals surface area contributed by atoms with Gasteiger partial charge in [-0.25, -0.2) is 15.8 Å². The number of aromatic nitrogens is 2. The Morgan fingerprint density at radius 3 is 2.80 bits per heavy atom. The molecule has 0 bridgehead atoms. The Labute approximate surface area is 115 Å². The fourth-order valence-electron chi connectivity index (χ4n) is 1.62. The number of nitrogens with one attached hydrogen (secondary N) is 1. The van der Waals surface area contributed by atoms with Gasteiger partial charge in [-0.1, -0.05) is 0 Å². The van der Waals surface area contributed by atoms with Crippen molar-refractivity contribution in [2.75, 3.05) is 6.61 Å². The zero-order valence-corrected chi connectivity index (χ0v) is 10.8. The van der Waals surface area contributed by atoms with Crippen molar-refractivity contribution in [3.63, 3.8) is 0 Å². The molecule has 0 aliphatic heterocycles. The van der Waals surface area contributed by atoms with Crippen LogP contribution in [0.3, 0.4) is 0 Å². The number of nitrogens with two attached hydrogens (primary N) is 1. The van der Waals surface area contributed by atoms with E-state index in [1.165, 1.54) is 18.3 Å². The molecule has 104 valence electrons. The molecular formula is C13H14N4O3. The van der Waals surface area contributed by atoms with Crippen molar-refractivity contribution in [1.82, 2.24) is 15.4 Å². The molecule has 0 saturated heterocycles. The second kappa shape index (κ2) is 5.98. The van der Waals surface area contributed by atoms with Gasteiger partial charge in [0.25, 0.3) is 5.91 Å². The standard InChI is InChI=1S/C13H14N4O3/c1-2-20-11-6-3-8(7-15-11)12-10(18)5-4-9(16-12)13(19)17-14/h3-7,18H,2,14H2,1H3,(H,17,19). The number of carbonyl (C=O) groups excluding carboxylic acids is 1. The van der Waals surface area contributed by atoms with Gasteiger partial charge < -0.3 is 9.84 Å². The Hall–Kier alpha value is -2.67. The van der Waals surface area contributed by atoms with Crippen molar-refractivity contribution in [1.29, 1.82) is 0 Å². The van der Waals surface area contributed by atoms with Gasteiger partial charge in [0.05, 0.1) is 6.61 Å². The Morgan fingerprint density at radius 1 is 1.40 bits per heavy atom. The largest absolute Gasteiger partial charge is 0.506 e. The van der Waals surface area contributed by atoms with Crippen LogP contribution in [0.5, 0.6) is 11.6 Å². The maximum Gasteiger partial charge on any atom is 0.283 e. The highest BCUT2D eigenvalue weighted by atomic mass is 16.5. The van der Waals surface area contributed by atoms with E-state index in [-0.39, 0.29) is 17.1 Å². The highest BCUT2D eigenvalue weighted by Crippen LogP contribution is 2.27. The van der Waals surface area contributed by atoms with Gasteiger partial charge in [-0.15, -0.1) is 0 Å². The summed E-state index contributed by atoms with van der Waals surface area (Å²) in [5, 5.41) is 9.83. The lowest BCUT2D eigenvalue weighted by Crippen LogP contribution is -2.30. The molecule has 0 spiro atoms. The molecule has 2 heterocycles. The van der Waals surface area contributed by atoms with Crippen molar-refractivity contribution in [2.45, 2.75) is 6.92 Å². The van der Waals surface area contributed by atoms with E-state index in [1.54, 1.807) is 12.1 Å². The quantitative estimate of drug-likeness (QED) is 0.433. The van der Waals surface area contributed by atoms with Crippen molar-refractivity contribution in [3.8, 4) is 22.9 Å². The first-order chi connectivity index (χ1) is 9.65. The maximum absolute atomic E-state index is 11.4. The Bertz CT molecular complexity index is 614. The highest BCUT2D eigenvalue weighted by Gasteiger charge is 2.12. The number of nitrogens with zero attached hydrogens (tertiary/aromatic N) is 2. The van der Waals surface area contributed by atoms with Gasteiger partial charge in [-0.2, -0.15) is 0 Å². The van der Waals surface area contributed by atoms with Crippen LogP contribution in [0.2, 0.25) is 0 Å². The van der Waals surface area contributed by atoms with Crippen LogP contribution in [0, 0.1) is 0 Å². The van der Waals surface area contributed by atoms with Crippen LogP contribution in [0.25, 0.3) is 11.3 Å². The lowest BCUT2D eigenvalue weighted by Gasteiger charge is -2.07. The fraction of sp³-hybridized carbons (Fsp3) is 0.154. The van der Waals surface area contributed by atoms with E-state index in [2.05, 4.69) is 9.97 Å². The summed E-state index contributed by atoms with van der Waals surface area (Å²) in [6, 6.07) is 6.12. The Balaban J connectivity index is 2.38. The van der Waals surface area contributed by atoms with Crippen molar-refractivity contribution < 1.29 is 14.6 Å². The number of aromatic hydroxyl groups is 1. The van der Waals surface area contributed by atoms with Crippen LogP contribution >= 0.6 is 0 Å². The smallest absolute Gasteiger partial charge is 0.283 e. The summed E-state index contributed by atoms with van der Waals surface area (Å²) >= 11 is 0. The maximum atomic E-state index is 11.4. The zero-order valence-electron chi connectivity index (χ0n) is 10.8. The number of ether oxygens (including phenoxy) is 1. The summed E-state index contributed by atoms with van der Waals surface area (Å²) in [6.07, 6.45) is 1.51. The molecule has 2 rings (SSSR count). The van der Waals surface area contributed by atoms with Crippen molar-refractivity contribution >= 4 is 5.91 Å². The van der Waals surface area contributed by atoms with Gasteiger partial charge in [0.1, 0.15) is 17.1 Å². The molecule has 4 N–H and O–H groups in total. The molecule has 0 unspecified atom stereocenters. The van der Waals surface area contributed by atoms with E-state index in [1.807, 2.05) is 12.3 Å². The zero-order chi connectivity index (χ0) is 14.5. The van der Waals surface area contributed by atoms with Crippen molar-refractivity contribution in [3.05, 3.63) is 36.2 Å². The van der Waals surface area contributed by atoms with Crippen LogP contribution in [0.1, 0.15) is 17.4 Å². The molecule has 0 aromatic carbocycles. The average Bonchev–Trinajstić information content (AvgIpc) is 2.48. The summed E-state index contributed by atoms with van der Waals surface area (Å²) in [5.74, 6) is 4.94. The number of rotatable bonds is 4. The first-order valence-corrected chi connectivity index (χ1v) is 5.96. The molecule has 0 aliphatic carbocycles. The van der Waals surface area contributed by atoms with E-state index in [9.17, 15) is 9.90 Å². The molecule has 7 heteroatoms. The van der Waals surface area contributed by atoms with Crippen LogP contribution < -0.4 is 16.0 Å². The topological polar surface area (TPSA) is 110 Å². The van der Waals surface area contributed by atoms with Crippen LogP contribution in [-0.2, 0) is 0 Å². The Kier molecular flexibility index (Phi) is 4.11. The number of nitrogen functional groups attached to an aromatic ring is 1. The molecule has 20 heavy (non-hydrogen) atoms. The minimum Gasteiger partial charge on any atom is -0.506 e. The molecular weight excluding hydrogens is 260 g/mol. The van der Waals surface area contributed by atoms with Crippen molar-refractivity contribution in [2.24, 2.45) is 5.84 Å². The summed E-state index contributed by atoms with van der Waals surface area (Å²) in [6.45, 7) is 2.37. The normalized spacial score (nSPS) is 10.1. The van der Waals surface area contributed by atoms with Gasteiger partial charge in [0.2, 0.25) is 5.88 Å². The number of hydrogen-bond donors (Lipinski definition) is 3. The number of amides is 1. The minimum atomic E-state index is -0.537. The number of carbonyl (C=O) groups is 1. The predicted molar refractivity (Wildman–Crippen MR) is 72.0 cm³/mol. The molecule has 2 aromatic heterocycles. The summed E-state index contributed by atoms with van der Waals surface area (Å²) in [5.41, 5.74) is 2.91. The fourth-order valence-corrected chi connectivity index (χ4v) is 1.62. The van der Waals surface area contributed by atoms with E-state index in [0.29, 0.717) is 18.1 Å². The SMILES string of the molecule is CCOc1ccc(-c2nc(C(=O)NN)ccc2O)cn1. The third kappa shape index (κ3) is 2.83. The van der Waals surface area contributed by atoms with Crippen LogP contribution in [-0.4, -0.2) is 27.6 Å². The molecule has 2 aromatic rings. The molecule has 0 radical (unpaired) electrons. The summed E-state index contributed by atoms with van der Waals surface area (Å²) < 4.78 is 5.23. The molecule has 0 aliphatic rings. The van der Waals surface area contributed by atoms with Crippen LogP contribution in [0.4, 0.5) is 0 Å². The first kappa shape index (κ1) is 13.8. The molecule has 0 fully saturated rings. The van der Waals surface area contributed by atoms with Gasteiger partial charge in [0.15, 0.2) is 0 Å². The third-order valence-corrected chi connectivity index (χ3v) is 2.54. The highest BCUT2D eigenvalue weighted by molar-refractivity contribution is 5.92. The van der Waals surface area contributed by atoms with E-state index < -0.39 is 5.91 Å². The molecule has 0 saturated carbocycles. The second-order valence-electron chi connectivity index (χ2n) is 3.86. The molecule has 1 amide bonds. The molecule has 0 atom stereocenters. The van der Waals surface area contributed by atoms with Gasteiger partial charge in [-0.3, -0.25) is 10.2 Å². The minimum absolute atomic E-state index is 0.0514. The first-order valence-electron chi connectivity index (χ1n) is 5.96. The van der Waals surface area contributed by atoms with E-state index in [4.69, 9.17) is 10.6 Å². The van der Waals surface area contributed by atoms with Crippen LogP contribution in [0.15, 0.2) is 30.5 Å². The summed E-state index contributed by atoms with van der Waals surface area (Å²) in [7, 11) is 0. The van der Waals surface area contributed by atoms with Gasteiger partial charge in [-0.05, 0) is 25.1 Å². The molecule has 7 nitrogen and oxygen atoms in total. The van der Waals surface area contributed by atoms with E-state index in [0.717, 1.165) is 0 Å². The van der Waals surface area contributed by atoms with Gasteiger partial charge >= 0.3 is 0 Å². The number of hydrogen-bond acceptors (Lipinski definition) is 6. The second-order valence-corrected chi connectivity index (χ2v) is 3.86. The average molecular weight is 274 g/mol. The lowest BCUT2D eigenvalue weighted by atomic mass is 10.1. The lowest BCUT2D eigenvalue weighted by molar-refractivity contribution is 0.0949. The summed E-state index contributed by atoms with van der Waals surface area (Å²) in [4.78, 5) is 19.6. The number of hydrazine groups is 1. The number of pyridine rings is 2.